The molecule has 1 aliphatic rings. The van der Waals surface area contributed by atoms with Crippen molar-refractivity contribution in [3.8, 4) is 23.0 Å². The quantitative estimate of drug-likeness (QED) is 0.637. The van der Waals surface area contributed by atoms with Crippen LogP contribution in [-0.4, -0.2) is 51.5 Å². The van der Waals surface area contributed by atoms with Gasteiger partial charge in [-0.3, -0.25) is 4.79 Å². The highest BCUT2D eigenvalue weighted by Crippen LogP contribution is 2.46. The Balaban J connectivity index is 1.83. The molecule has 154 valence electrons. The Labute approximate surface area is 175 Å². The van der Waals surface area contributed by atoms with E-state index in [2.05, 4.69) is 0 Å². The van der Waals surface area contributed by atoms with Crippen LogP contribution in [0.2, 0.25) is 0 Å². The number of carbonyl (C=O) groups is 1. The van der Waals surface area contributed by atoms with Crippen LogP contribution < -0.4 is 18.9 Å². The largest absolute Gasteiger partial charge is 0.497 e. The normalized spacial score (nSPS) is 16.1. The Kier molecular flexibility index (Phi) is 6.93. The van der Waals surface area contributed by atoms with Crippen LogP contribution in [0.25, 0.3) is 6.08 Å². The Hall–Kier alpha value is -2.80. The van der Waals surface area contributed by atoms with Gasteiger partial charge in [0.2, 0.25) is 5.91 Å². The molecule has 1 amide bonds. The number of nitrogens with zero attached hydrogens (tertiary/aromatic N) is 1. The summed E-state index contributed by atoms with van der Waals surface area (Å²) in [5, 5.41) is -0.155. The smallest absolute Gasteiger partial charge is 0.247 e. The van der Waals surface area contributed by atoms with Gasteiger partial charge in [0.25, 0.3) is 0 Å². The summed E-state index contributed by atoms with van der Waals surface area (Å²) in [5.74, 6) is 3.45. The minimum Gasteiger partial charge on any atom is -0.497 e. The standard InChI is InChI=1S/C22H25NO5S/c1-25-16-8-5-15(6-9-16)7-10-21(24)23-11-12-29-22(23)17-13-19(27-3)20(28-4)14-18(17)26-2/h5-10,13-14,22H,11-12H2,1-4H3/b10-7+. The third-order valence-electron chi connectivity index (χ3n) is 4.71. The summed E-state index contributed by atoms with van der Waals surface area (Å²) in [6.07, 6.45) is 3.42. The van der Waals surface area contributed by atoms with Crippen molar-refractivity contribution < 1.29 is 23.7 Å². The van der Waals surface area contributed by atoms with Gasteiger partial charge >= 0.3 is 0 Å². The second kappa shape index (κ2) is 9.60. The van der Waals surface area contributed by atoms with Gasteiger partial charge in [-0.2, -0.15) is 0 Å². The number of benzene rings is 2. The average molecular weight is 416 g/mol. The summed E-state index contributed by atoms with van der Waals surface area (Å²) >= 11 is 1.70. The first kappa shape index (κ1) is 20.9. The van der Waals surface area contributed by atoms with E-state index < -0.39 is 0 Å². The summed E-state index contributed by atoms with van der Waals surface area (Å²) in [6, 6.07) is 11.2. The maximum Gasteiger partial charge on any atom is 0.247 e. The van der Waals surface area contributed by atoms with Gasteiger partial charge in [0, 0.05) is 30.0 Å². The number of rotatable bonds is 7. The molecule has 7 heteroatoms. The molecule has 6 nitrogen and oxygen atoms in total. The fraction of sp³-hybridized carbons (Fsp3) is 0.318. The van der Waals surface area contributed by atoms with Gasteiger partial charge in [-0.25, -0.2) is 0 Å². The van der Waals surface area contributed by atoms with Gasteiger partial charge in [-0.05, 0) is 29.8 Å². The van der Waals surface area contributed by atoms with Crippen LogP contribution in [0.5, 0.6) is 23.0 Å². The van der Waals surface area contributed by atoms with E-state index in [0.29, 0.717) is 23.8 Å². The monoisotopic (exact) mass is 415 g/mol. The molecule has 29 heavy (non-hydrogen) atoms. The van der Waals surface area contributed by atoms with Crippen molar-refractivity contribution in [2.45, 2.75) is 5.37 Å². The average Bonchev–Trinajstić information content (AvgIpc) is 3.26. The van der Waals surface area contributed by atoms with Crippen LogP contribution in [0, 0.1) is 0 Å². The summed E-state index contributed by atoms with van der Waals surface area (Å²) in [7, 11) is 6.42. The summed E-state index contributed by atoms with van der Waals surface area (Å²) < 4.78 is 21.5. The van der Waals surface area contributed by atoms with Crippen LogP contribution in [-0.2, 0) is 4.79 Å². The molecule has 0 aromatic heterocycles. The highest BCUT2D eigenvalue weighted by atomic mass is 32.2. The van der Waals surface area contributed by atoms with Crippen molar-refractivity contribution in [3.05, 3.63) is 53.6 Å². The van der Waals surface area contributed by atoms with E-state index in [4.69, 9.17) is 18.9 Å². The minimum atomic E-state index is -0.155. The lowest BCUT2D eigenvalue weighted by atomic mass is 10.1. The van der Waals surface area contributed by atoms with E-state index >= 15 is 0 Å². The van der Waals surface area contributed by atoms with Crippen LogP contribution >= 0.6 is 11.8 Å². The third kappa shape index (κ3) is 4.62. The van der Waals surface area contributed by atoms with Gasteiger partial charge in [0.15, 0.2) is 11.5 Å². The zero-order valence-corrected chi connectivity index (χ0v) is 17.8. The molecule has 1 fully saturated rings. The van der Waals surface area contributed by atoms with Gasteiger partial charge in [0.1, 0.15) is 16.9 Å². The molecule has 1 heterocycles. The van der Waals surface area contributed by atoms with Crippen molar-refractivity contribution in [2.75, 3.05) is 40.7 Å². The van der Waals surface area contributed by atoms with Crippen LogP contribution in [0.3, 0.4) is 0 Å². The van der Waals surface area contributed by atoms with Crippen LogP contribution in [0.15, 0.2) is 42.5 Å². The lowest BCUT2D eigenvalue weighted by Gasteiger charge is -2.25. The maximum absolute atomic E-state index is 12.9. The van der Waals surface area contributed by atoms with Gasteiger partial charge < -0.3 is 23.8 Å². The van der Waals surface area contributed by atoms with Gasteiger partial charge in [-0.15, -0.1) is 11.8 Å². The Morgan fingerprint density at radius 3 is 2.24 bits per heavy atom. The molecule has 2 aromatic rings. The Morgan fingerprint density at radius 1 is 0.966 bits per heavy atom. The Morgan fingerprint density at radius 2 is 1.62 bits per heavy atom. The summed E-state index contributed by atoms with van der Waals surface area (Å²) in [6.45, 7) is 0.665. The highest BCUT2D eigenvalue weighted by Gasteiger charge is 2.32. The lowest BCUT2D eigenvalue weighted by Crippen LogP contribution is -2.29. The predicted molar refractivity (Wildman–Crippen MR) is 115 cm³/mol. The second-order valence-corrected chi connectivity index (χ2v) is 7.50. The minimum absolute atomic E-state index is 0.0485. The molecule has 1 unspecified atom stereocenters. The fourth-order valence-electron chi connectivity index (χ4n) is 3.18. The van der Waals surface area contributed by atoms with Gasteiger partial charge in [0.05, 0.1) is 28.4 Å². The molecular weight excluding hydrogens is 390 g/mol. The van der Waals surface area contributed by atoms with E-state index in [1.54, 1.807) is 52.3 Å². The van der Waals surface area contributed by atoms with Crippen molar-refractivity contribution in [3.63, 3.8) is 0 Å². The van der Waals surface area contributed by atoms with Crippen molar-refractivity contribution >= 4 is 23.7 Å². The molecule has 1 atom stereocenters. The Bertz CT molecular complexity index is 882. The molecule has 1 saturated heterocycles. The van der Waals surface area contributed by atoms with Crippen molar-refractivity contribution in [1.82, 2.24) is 4.90 Å². The number of hydrogen-bond donors (Lipinski definition) is 0. The topological polar surface area (TPSA) is 57.2 Å². The zero-order chi connectivity index (χ0) is 20.8. The first-order valence-electron chi connectivity index (χ1n) is 9.15. The SMILES string of the molecule is COc1ccc(/C=C/C(=O)N2CCSC2c2cc(OC)c(OC)cc2OC)cc1. The molecule has 2 aromatic carbocycles. The first-order chi connectivity index (χ1) is 14.1. The highest BCUT2D eigenvalue weighted by molar-refractivity contribution is 7.99. The molecular formula is C22H25NO5S. The number of carbonyl (C=O) groups excluding carboxylic acids is 1. The number of ether oxygens (including phenoxy) is 4. The lowest BCUT2D eigenvalue weighted by molar-refractivity contribution is -0.126. The zero-order valence-electron chi connectivity index (χ0n) is 17.0. The molecule has 0 saturated carbocycles. The molecule has 1 aliphatic heterocycles. The van der Waals surface area contributed by atoms with Crippen molar-refractivity contribution in [1.29, 1.82) is 0 Å². The molecule has 0 N–H and O–H groups in total. The number of methoxy groups -OCH3 is 4. The molecule has 0 radical (unpaired) electrons. The first-order valence-corrected chi connectivity index (χ1v) is 10.2. The molecule has 0 bridgehead atoms. The van der Waals surface area contributed by atoms with Gasteiger partial charge in [-0.1, -0.05) is 12.1 Å². The molecule has 3 rings (SSSR count). The predicted octanol–water partition coefficient (Wildman–Crippen LogP) is 4.01. The third-order valence-corrected chi connectivity index (χ3v) is 5.95. The molecule has 0 spiro atoms. The molecule has 0 aliphatic carbocycles. The van der Waals surface area contributed by atoms with Crippen molar-refractivity contribution in [2.24, 2.45) is 0 Å². The van der Waals surface area contributed by atoms with E-state index in [1.807, 2.05) is 41.3 Å². The number of hydrogen-bond acceptors (Lipinski definition) is 6. The summed E-state index contributed by atoms with van der Waals surface area (Å²) in [4.78, 5) is 14.7. The summed E-state index contributed by atoms with van der Waals surface area (Å²) in [5.41, 5.74) is 1.82. The van der Waals surface area contributed by atoms with Crippen LogP contribution in [0.4, 0.5) is 0 Å². The maximum atomic E-state index is 12.9. The number of amides is 1. The fourth-order valence-corrected chi connectivity index (χ4v) is 4.46. The second-order valence-electron chi connectivity index (χ2n) is 6.31. The van der Waals surface area contributed by atoms with Crippen LogP contribution in [0.1, 0.15) is 16.5 Å². The van der Waals surface area contributed by atoms with E-state index in [9.17, 15) is 4.79 Å². The van der Waals surface area contributed by atoms with E-state index in [1.165, 1.54) is 0 Å². The number of thioether (sulfide) groups is 1. The van der Waals surface area contributed by atoms with E-state index in [0.717, 1.165) is 22.6 Å². The van der Waals surface area contributed by atoms with E-state index in [-0.39, 0.29) is 11.3 Å².